The van der Waals surface area contributed by atoms with E-state index in [0.29, 0.717) is 24.3 Å². The molecular formula is C24H21F3N4O3S. The molecule has 0 saturated carbocycles. The molecule has 182 valence electrons. The van der Waals surface area contributed by atoms with Crippen LogP contribution in [-0.2, 0) is 22.2 Å². The van der Waals surface area contributed by atoms with Gasteiger partial charge in [-0.05, 0) is 80.9 Å². The van der Waals surface area contributed by atoms with Crippen LogP contribution in [0.1, 0.15) is 37.0 Å². The molecule has 0 spiro atoms. The maximum atomic E-state index is 13.5. The number of anilines is 2. The van der Waals surface area contributed by atoms with Crippen LogP contribution in [0.15, 0.2) is 36.4 Å². The maximum Gasteiger partial charge on any atom is 0.417 e. The number of nitriles is 1. The van der Waals surface area contributed by atoms with Gasteiger partial charge < -0.3 is 15.0 Å². The van der Waals surface area contributed by atoms with Gasteiger partial charge in [0.15, 0.2) is 11.2 Å². The Hall–Kier alpha value is -3.65. The lowest BCUT2D eigenvalue weighted by atomic mass is 9.98. The summed E-state index contributed by atoms with van der Waals surface area (Å²) in [5, 5.41) is 11.7. The van der Waals surface area contributed by atoms with Crippen LogP contribution in [0.2, 0.25) is 0 Å². The topological polar surface area (TPSA) is 85.7 Å². The maximum absolute atomic E-state index is 13.5. The quantitative estimate of drug-likeness (QED) is 0.641. The minimum atomic E-state index is -4.77. The number of halogens is 3. The van der Waals surface area contributed by atoms with Crippen molar-refractivity contribution in [3.8, 4) is 11.8 Å². The average Bonchev–Trinajstić information content (AvgIpc) is 3.00. The fourth-order valence-electron chi connectivity index (χ4n) is 4.32. The Labute approximate surface area is 205 Å². The van der Waals surface area contributed by atoms with Crippen LogP contribution in [0.4, 0.5) is 24.5 Å². The van der Waals surface area contributed by atoms with E-state index in [1.54, 1.807) is 36.9 Å². The number of carbonyl (C=O) groups is 2. The Morgan fingerprint density at radius 3 is 2.54 bits per heavy atom. The molecule has 2 heterocycles. The predicted octanol–water partition coefficient (Wildman–Crippen LogP) is 3.93. The summed E-state index contributed by atoms with van der Waals surface area (Å²) in [7, 11) is 1.54. The van der Waals surface area contributed by atoms with E-state index >= 15 is 0 Å². The van der Waals surface area contributed by atoms with Crippen LogP contribution >= 0.6 is 12.2 Å². The molecule has 0 aromatic heterocycles. The van der Waals surface area contributed by atoms with Gasteiger partial charge in [-0.25, -0.2) is 0 Å². The van der Waals surface area contributed by atoms with Gasteiger partial charge in [0.1, 0.15) is 11.3 Å². The zero-order valence-electron chi connectivity index (χ0n) is 19.1. The van der Waals surface area contributed by atoms with Crippen LogP contribution < -0.4 is 19.9 Å². The largest absolute Gasteiger partial charge is 0.480 e. The average molecular weight is 503 g/mol. The van der Waals surface area contributed by atoms with E-state index in [1.165, 1.54) is 19.2 Å². The van der Waals surface area contributed by atoms with Gasteiger partial charge in [-0.3, -0.25) is 14.5 Å². The third-order valence-electron chi connectivity index (χ3n) is 6.14. The van der Waals surface area contributed by atoms with Crippen LogP contribution in [0.5, 0.6) is 5.75 Å². The van der Waals surface area contributed by atoms with Crippen molar-refractivity contribution in [1.29, 1.82) is 5.26 Å². The first-order chi connectivity index (χ1) is 16.4. The Kier molecular flexibility index (Phi) is 5.97. The molecular weight excluding hydrogens is 481 g/mol. The molecule has 11 heteroatoms. The zero-order chi connectivity index (χ0) is 25.7. The Morgan fingerprint density at radius 2 is 1.91 bits per heavy atom. The van der Waals surface area contributed by atoms with E-state index in [0.717, 1.165) is 22.6 Å². The molecule has 2 aliphatic rings. The second-order valence-corrected chi connectivity index (χ2v) is 9.07. The van der Waals surface area contributed by atoms with Crippen molar-refractivity contribution in [1.82, 2.24) is 5.32 Å². The number of aryl methyl sites for hydroxylation is 1. The molecule has 1 fully saturated rings. The molecule has 1 N–H and O–H groups in total. The zero-order valence-corrected chi connectivity index (χ0v) is 19.9. The molecule has 0 radical (unpaired) electrons. The third-order valence-corrected chi connectivity index (χ3v) is 6.51. The normalized spacial score (nSPS) is 19.2. The molecule has 35 heavy (non-hydrogen) atoms. The summed E-state index contributed by atoms with van der Waals surface area (Å²) in [6.45, 7) is 3.26. The summed E-state index contributed by atoms with van der Waals surface area (Å²) in [5.74, 6) is -0.181. The molecule has 0 unspecified atom stereocenters. The first-order valence-electron chi connectivity index (χ1n) is 10.7. The lowest BCUT2D eigenvalue weighted by Crippen LogP contribution is -2.44. The molecule has 4 rings (SSSR count). The van der Waals surface area contributed by atoms with E-state index in [2.05, 4.69) is 5.32 Å². The first-order valence-corrected chi connectivity index (χ1v) is 11.1. The SMILES string of the molecule is CNC(=O)[C@@H]1CCc2cc(N3C(=S)N(c4ccc(C#N)c(C(F)(F)F)c4)C(=O)C3(C)C)ccc2O1. The van der Waals surface area contributed by atoms with Gasteiger partial charge in [0, 0.05) is 12.7 Å². The number of hydrogen-bond donors (Lipinski definition) is 1. The number of benzene rings is 2. The highest BCUT2D eigenvalue weighted by atomic mass is 32.1. The van der Waals surface area contributed by atoms with Crippen molar-refractivity contribution < 1.29 is 27.5 Å². The van der Waals surface area contributed by atoms with Gasteiger partial charge in [-0.1, -0.05) is 0 Å². The van der Waals surface area contributed by atoms with Crippen LogP contribution in [0.25, 0.3) is 0 Å². The molecule has 2 amide bonds. The third kappa shape index (κ3) is 4.08. The van der Waals surface area contributed by atoms with Gasteiger partial charge >= 0.3 is 6.18 Å². The number of nitrogens with one attached hydrogen (secondary N) is 1. The van der Waals surface area contributed by atoms with Crippen LogP contribution in [0, 0.1) is 11.3 Å². The lowest BCUT2D eigenvalue weighted by molar-refractivity contribution is -0.137. The highest BCUT2D eigenvalue weighted by molar-refractivity contribution is 7.81. The fraction of sp³-hybridized carbons (Fsp3) is 0.333. The van der Waals surface area contributed by atoms with Crippen molar-refractivity contribution in [2.75, 3.05) is 16.8 Å². The summed E-state index contributed by atoms with van der Waals surface area (Å²) in [6, 6.07) is 9.79. The van der Waals surface area contributed by atoms with E-state index < -0.39 is 34.9 Å². The molecule has 0 bridgehead atoms. The monoisotopic (exact) mass is 502 g/mol. The minimum absolute atomic E-state index is 0.0118. The number of nitrogens with zero attached hydrogens (tertiary/aromatic N) is 3. The Bertz CT molecular complexity index is 1290. The number of likely N-dealkylation sites (N-methyl/N-ethyl adjacent to an activating group) is 1. The van der Waals surface area contributed by atoms with Crippen LogP contribution in [0.3, 0.4) is 0 Å². The number of ether oxygens (including phenoxy) is 1. The predicted molar refractivity (Wildman–Crippen MR) is 126 cm³/mol. The second-order valence-electron chi connectivity index (χ2n) is 8.71. The number of thiocarbonyl (C=S) groups is 1. The molecule has 2 aliphatic heterocycles. The molecule has 1 atom stereocenters. The number of hydrogen-bond acceptors (Lipinski definition) is 5. The number of carbonyl (C=O) groups excluding carboxylic acids is 2. The fourth-order valence-corrected chi connectivity index (χ4v) is 4.84. The second kappa shape index (κ2) is 8.53. The summed E-state index contributed by atoms with van der Waals surface area (Å²) < 4.78 is 46.3. The summed E-state index contributed by atoms with van der Waals surface area (Å²) in [5.41, 5.74) is -1.55. The number of fused-ring (bicyclic) bond motifs is 1. The van der Waals surface area contributed by atoms with Gasteiger partial charge in [-0.15, -0.1) is 0 Å². The Morgan fingerprint density at radius 1 is 1.23 bits per heavy atom. The standard InChI is InChI=1S/C24H21F3N4O3S/c1-23(2)21(33)30(15-6-4-14(12-28)17(11-15)24(25,26)27)22(35)31(23)16-7-9-18-13(10-16)5-8-19(34-18)20(32)29-3/h4,6-7,9-11,19H,5,8H2,1-3H3,(H,29,32)/t19-/m0/s1. The van der Waals surface area contributed by atoms with E-state index in [4.69, 9.17) is 22.2 Å². The number of amides is 2. The van der Waals surface area contributed by atoms with Crippen molar-refractivity contribution in [3.63, 3.8) is 0 Å². The summed E-state index contributed by atoms with van der Waals surface area (Å²) in [6.07, 6.45) is -4.34. The van der Waals surface area contributed by atoms with Crippen LogP contribution in [-0.4, -0.2) is 35.6 Å². The highest BCUT2D eigenvalue weighted by Crippen LogP contribution is 2.41. The van der Waals surface area contributed by atoms with Gasteiger partial charge in [0.2, 0.25) is 0 Å². The highest BCUT2D eigenvalue weighted by Gasteiger charge is 2.51. The van der Waals surface area contributed by atoms with Crippen molar-refractivity contribution >= 4 is 40.5 Å². The van der Waals surface area contributed by atoms with Gasteiger partial charge in [0.05, 0.1) is 22.9 Å². The van der Waals surface area contributed by atoms with E-state index in [9.17, 15) is 22.8 Å². The molecule has 7 nitrogen and oxygen atoms in total. The molecule has 2 aromatic carbocycles. The molecule has 0 aliphatic carbocycles. The van der Waals surface area contributed by atoms with E-state index in [-0.39, 0.29) is 16.7 Å². The van der Waals surface area contributed by atoms with Crippen molar-refractivity contribution in [2.45, 2.75) is 44.5 Å². The first kappa shape index (κ1) is 24.5. The van der Waals surface area contributed by atoms with Crippen molar-refractivity contribution in [3.05, 3.63) is 53.1 Å². The van der Waals surface area contributed by atoms with E-state index in [1.807, 2.05) is 0 Å². The van der Waals surface area contributed by atoms with Gasteiger partial charge in [-0.2, -0.15) is 18.4 Å². The smallest absolute Gasteiger partial charge is 0.417 e. The molecule has 2 aromatic rings. The van der Waals surface area contributed by atoms with Gasteiger partial charge in [0.25, 0.3) is 11.8 Å². The summed E-state index contributed by atoms with van der Waals surface area (Å²) >= 11 is 5.57. The minimum Gasteiger partial charge on any atom is -0.480 e. The number of alkyl halides is 3. The number of rotatable bonds is 3. The molecule has 1 saturated heterocycles. The summed E-state index contributed by atoms with van der Waals surface area (Å²) in [4.78, 5) is 27.9. The lowest BCUT2D eigenvalue weighted by Gasteiger charge is -2.31. The van der Waals surface area contributed by atoms with Crippen molar-refractivity contribution in [2.24, 2.45) is 0 Å². The Balaban J connectivity index is 1.71.